The van der Waals surface area contributed by atoms with Gasteiger partial charge in [0.1, 0.15) is 0 Å². The molecule has 14 heavy (non-hydrogen) atoms. The zero-order valence-electron chi connectivity index (χ0n) is 9.16. The second-order valence-corrected chi connectivity index (χ2v) is 8.00. The quantitative estimate of drug-likeness (QED) is 0.585. The van der Waals surface area contributed by atoms with Crippen LogP contribution in [0.15, 0.2) is 0 Å². The molecule has 2 fully saturated rings. The summed E-state index contributed by atoms with van der Waals surface area (Å²) in [4.78, 5) is 0. The Bertz CT molecular complexity index is 251. The van der Waals surface area contributed by atoms with E-state index < -0.39 is 7.60 Å². The van der Waals surface area contributed by atoms with Crippen LogP contribution in [0.2, 0.25) is 0 Å². The molecule has 1 aliphatic carbocycles. The van der Waals surface area contributed by atoms with E-state index in [2.05, 4.69) is 0 Å². The van der Waals surface area contributed by atoms with Gasteiger partial charge in [0, 0.05) is 0 Å². The lowest BCUT2D eigenvalue weighted by molar-refractivity contribution is 0.110. The molecular weight excluding hydrogens is 199 g/mol. The van der Waals surface area contributed by atoms with Gasteiger partial charge in [-0.3, -0.25) is 4.57 Å². The fourth-order valence-electron chi connectivity index (χ4n) is 2.00. The van der Waals surface area contributed by atoms with Crippen LogP contribution in [0, 0.1) is 0 Å². The van der Waals surface area contributed by atoms with E-state index in [1.54, 1.807) is 0 Å². The fourth-order valence-corrected chi connectivity index (χ4v) is 3.88. The summed E-state index contributed by atoms with van der Waals surface area (Å²) < 4.78 is 23.7. The van der Waals surface area contributed by atoms with Gasteiger partial charge in [-0.1, -0.05) is 12.8 Å². The zero-order chi connectivity index (χ0) is 10.4. The van der Waals surface area contributed by atoms with Crippen LogP contribution in [-0.2, 0) is 13.6 Å². The zero-order valence-corrected chi connectivity index (χ0v) is 10.0. The number of rotatable bonds is 0. The van der Waals surface area contributed by atoms with Gasteiger partial charge in [-0.2, -0.15) is 0 Å². The molecular formula is C10H19O3P. The van der Waals surface area contributed by atoms with Gasteiger partial charge in [-0.15, -0.1) is 0 Å². The molecule has 0 aromatic carbocycles. The average Bonchev–Trinajstić information content (AvgIpc) is 2.40. The van der Waals surface area contributed by atoms with Crippen LogP contribution in [0.3, 0.4) is 0 Å². The second-order valence-electron chi connectivity index (χ2n) is 5.24. The summed E-state index contributed by atoms with van der Waals surface area (Å²) in [5.41, 5.74) is 0. The lowest BCUT2D eigenvalue weighted by Gasteiger charge is -2.24. The largest absolute Gasteiger partial charge is 0.336 e. The van der Waals surface area contributed by atoms with Crippen molar-refractivity contribution in [2.45, 2.75) is 63.8 Å². The number of hydrogen-bond acceptors (Lipinski definition) is 3. The van der Waals surface area contributed by atoms with Crippen molar-refractivity contribution in [2.24, 2.45) is 0 Å². The van der Waals surface area contributed by atoms with Gasteiger partial charge in [0.25, 0.3) is 0 Å². The van der Waals surface area contributed by atoms with Crippen LogP contribution in [0.4, 0.5) is 0 Å². The predicted octanol–water partition coefficient (Wildman–Crippen LogP) is 3.34. The molecule has 0 amide bonds. The summed E-state index contributed by atoms with van der Waals surface area (Å²) in [6.07, 6.45) is 4.54. The minimum Gasteiger partial charge on any atom is -0.302 e. The molecule has 2 aliphatic rings. The Morgan fingerprint density at radius 1 is 1.07 bits per heavy atom. The van der Waals surface area contributed by atoms with E-state index >= 15 is 0 Å². The first-order valence-corrected chi connectivity index (χ1v) is 6.94. The molecule has 2 atom stereocenters. The maximum Gasteiger partial charge on any atom is 0.336 e. The predicted molar refractivity (Wildman–Crippen MR) is 55.6 cm³/mol. The molecule has 0 aromatic rings. The first-order valence-electron chi connectivity index (χ1n) is 5.39. The Labute approximate surface area is 85.7 Å². The highest BCUT2D eigenvalue weighted by Gasteiger charge is 2.51. The minimum atomic E-state index is -2.86. The first-order chi connectivity index (χ1) is 6.42. The maximum absolute atomic E-state index is 12.4. The Balaban J connectivity index is 2.16. The highest BCUT2D eigenvalue weighted by atomic mass is 31.2. The Morgan fingerprint density at radius 2 is 1.50 bits per heavy atom. The van der Waals surface area contributed by atoms with Crippen molar-refractivity contribution in [1.82, 2.24) is 0 Å². The molecule has 1 saturated carbocycles. The van der Waals surface area contributed by atoms with E-state index in [4.69, 9.17) is 9.05 Å². The lowest BCUT2D eigenvalue weighted by Crippen LogP contribution is -2.25. The van der Waals surface area contributed by atoms with Crippen molar-refractivity contribution in [1.29, 1.82) is 0 Å². The van der Waals surface area contributed by atoms with E-state index in [-0.39, 0.29) is 17.4 Å². The summed E-state index contributed by atoms with van der Waals surface area (Å²) in [6.45, 7) is 5.77. The molecule has 1 saturated heterocycles. The van der Waals surface area contributed by atoms with Gasteiger partial charge in [0.15, 0.2) is 0 Å². The van der Waals surface area contributed by atoms with E-state index in [1.807, 2.05) is 20.8 Å². The summed E-state index contributed by atoms with van der Waals surface area (Å²) in [7, 11) is -2.86. The van der Waals surface area contributed by atoms with E-state index in [0.29, 0.717) is 0 Å². The third-order valence-electron chi connectivity index (χ3n) is 3.01. The molecule has 0 bridgehead atoms. The summed E-state index contributed by atoms with van der Waals surface area (Å²) in [5.74, 6) is 0. The highest BCUT2D eigenvalue weighted by molar-refractivity contribution is 7.55. The molecule has 0 N–H and O–H groups in total. The topological polar surface area (TPSA) is 35.5 Å². The average molecular weight is 218 g/mol. The fraction of sp³-hybridized carbons (Fsp3) is 1.00. The van der Waals surface area contributed by atoms with Gasteiger partial charge in [0.05, 0.1) is 17.4 Å². The maximum atomic E-state index is 12.4. The van der Waals surface area contributed by atoms with Gasteiger partial charge < -0.3 is 9.05 Å². The van der Waals surface area contributed by atoms with E-state index in [0.717, 1.165) is 12.8 Å². The van der Waals surface area contributed by atoms with Crippen molar-refractivity contribution < 1.29 is 13.6 Å². The lowest BCUT2D eigenvalue weighted by atomic mass is 9.95. The molecule has 4 heteroatoms. The molecule has 0 radical (unpaired) electrons. The number of fused-ring (bicyclic) bond motifs is 1. The van der Waals surface area contributed by atoms with Crippen LogP contribution in [-0.4, -0.2) is 17.4 Å². The van der Waals surface area contributed by atoms with Gasteiger partial charge in [0.2, 0.25) is 0 Å². The van der Waals surface area contributed by atoms with Crippen molar-refractivity contribution in [3.63, 3.8) is 0 Å². The molecule has 2 rings (SSSR count). The molecule has 0 spiro atoms. The summed E-state index contributed by atoms with van der Waals surface area (Å²) in [5, 5.41) is -0.385. The summed E-state index contributed by atoms with van der Waals surface area (Å²) in [6, 6.07) is 0. The number of hydrogen-bond donors (Lipinski definition) is 0. The molecule has 1 heterocycles. The third kappa shape index (κ3) is 1.66. The molecule has 1 aliphatic heterocycles. The highest BCUT2D eigenvalue weighted by Crippen LogP contribution is 2.66. The Morgan fingerprint density at radius 3 is 1.86 bits per heavy atom. The first kappa shape index (κ1) is 10.7. The van der Waals surface area contributed by atoms with Crippen LogP contribution >= 0.6 is 7.60 Å². The van der Waals surface area contributed by atoms with Crippen LogP contribution in [0.25, 0.3) is 0 Å². The van der Waals surface area contributed by atoms with Crippen molar-refractivity contribution in [3.05, 3.63) is 0 Å². The van der Waals surface area contributed by atoms with Crippen molar-refractivity contribution in [3.8, 4) is 0 Å². The van der Waals surface area contributed by atoms with Gasteiger partial charge >= 0.3 is 7.60 Å². The third-order valence-corrected chi connectivity index (χ3v) is 5.75. The monoisotopic (exact) mass is 218 g/mol. The van der Waals surface area contributed by atoms with Gasteiger partial charge in [-0.25, -0.2) is 0 Å². The standard InChI is InChI=1S/C10H19O3P/c1-10(2,3)14(11)12-8-6-4-5-7-9(8)13-14/h8-9H,4-7H2,1-3H3. The molecule has 82 valence electrons. The molecule has 3 nitrogen and oxygen atoms in total. The van der Waals surface area contributed by atoms with Crippen LogP contribution < -0.4 is 0 Å². The summed E-state index contributed by atoms with van der Waals surface area (Å²) >= 11 is 0. The van der Waals surface area contributed by atoms with Crippen molar-refractivity contribution in [2.75, 3.05) is 0 Å². The van der Waals surface area contributed by atoms with Gasteiger partial charge in [-0.05, 0) is 33.6 Å². The second kappa shape index (κ2) is 3.33. The smallest absolute Gasteiger partial charge is 0.302 e. The minimum absolute atomic E-state index is 0.0915. The van der Waals surface area contributed by atoms with Crippen molar-refractivity contribution >= 4 is 7.60 Å². The SMILES string of the molecule is CC(C)(C)P1(=O)OC2CCCCC2O1. The van der Waals surface area contributed by atoms with E-state index in [1.165, 1.54) is 12.8 Å². The van der Waals surface area contributed by atoms with Crippen LogP contribution in [0.5, 0.6) is 0 Å². The molecule has 2 unspecified atom stereocenters. The van der Waals surface area contributed by atoms with E-state index in [9.17, 15) is 4.57 Å². The Hall–Kier alpha value is 0.150. The Kier molecular flexibility index (Phi) is 2.53. The normalized spacial score (nSPS) is 43.6. The molecule has 0 aromatic heterocycles. The van der Waals surface area contributed by atoms with Crippen LogP contribution in [0.1, 0.15) is 46.5 Å².